The van der Waals surface area contributed by atoms with Crippen LogP contribution >= 0.6 is 0 Å². The first-order valence-corrected chi connectivity index (χ1v) is 7.56. The predicted octanol–water partition coefficient (Wildman–Crippen LogP) is 1.82. The highest BCUT2D eigenvalue weighted by atomic mass is 32.2. The van der Waals surface area contributed by atoms with Gasteiger partial charge in [0.1, 0.15) is 23.0 Å². The van der Waals surface area contributed by atoms with Gasteiger partial charge in [0, 0.05) is 11.8 Å². The Bertz CT molecular complexity index is 869. The predicted molar refractivity (Wildman–Crippen MR) is 76.3 cm³/mol. The maximum Gasteiger partial charge on any atom is 0.267 e. The number of para-hydroxylation sites is 1. The molecule has 0 atom stereocenters. The Morgan fingerprint density at radius 2 is 2.00 bits per heavy atom. The van der Waals surface area contributed by atoms with E-state index in [9.17, 15) is 8.42 Å². The maximum atomic E-state index is 12.5. The lowest BCUT2D eigenvalue weighted by atomic mass is 10.2. The summed E-state index contributed by atoms with van der Waals surface area (Å²) in [4.78, 5) is 8.23. The van der Waals surface area contributed by atoms with Gasteiger partial charge in [-0.3, -0.25) is 4.31 Å². The van der Waals surface area contributed by atoms with Gasteiger partial charge in [-0.05, 0) is 18.2 Å². The van der Waals surface area contributed by atoms with Crippen LogP contribution < -0.4 is 0 Å². The second-order valence-corrected chi connectivity index (χ2v) is 6.24. The molecular weight excluding hydrogens is 288 g/mol. The van der Waals surface area contributed by atoms with Crippen LogP contribution in [-0.4, -0.2) is 24.0 Å². The normalized spacial score (nSPS) is 15.3. The number of hydrogen-bond donors (Lipinski definition) is 0. The summed E-state index contributed by atoms with van der Waals surface area (Å²) in [5.41, 5.74) is 1.16. The summed E-state index contributed by atoms with van der Waals surface area (Å²) in [6, 6.07) is 11.8. The van der Waals surface area contributed by atoms with Gasteiger partial charge in [-0.2, -0.15) is 5.26 Å². The van der Waals surface area contributed by atoms with E-state index in [1.54, 1.807) is 30.3 Å². The molecule has 0 aliphatic carbocycles. The van der Waals surface area contributed by atoms with Crippen LogP contribution in [0.4, 0.5) is 5.69 Å². The van der Waals surface area contributed by atoms with Crippen molar-refractivity contribution in [1.82, 2.24) is 9.29 Å². The monoisotopic (exact) mass is 298 g/mol. The molecule has 104 valence electrons. The summed E-state index contributed by atoms with van der Waals surface area (Å²) in [6.07, 6.45) is 2.77. The zero-order chi connectivity index (χ0) is 14.9. The minimum absolute atomic E-state index is 0.0247. The molecule has 0 saturated carbocycles. The summed E-state index contributed by atoms with van der Waals surface area (Å²) in [7, 11) is -3.66. The first kappa shape index (κ1) is 13.3. The first-order chi connectivity index (χ1) is 10.1. The van der Waals surface area contributed by atoms with Gasteiger partial charge in [0.15, 0.2) is 0 Å². The minimum atomic E-state index is -3.66. The van der Waals surface area contributed by atoms with E-state index < -0.39 is 10.0 Å². The van der Waals surface area contributed by atoms with E-state index in [-0.39, 0.29) is 17.1 Å². The molecule has 1 aromatic heterocycles. The fourth-order valence-corrected chi connectivity index (χ4v) is 3.43. The zero-order valence-electron chi connectivity index (χ0n) is 10.8. The zero-order valence-corrected chi connectivity index (χ0v) is 11.7. The van der Waals surface area contributed by atoms with Crippen molar-refractivity contribution in [2.45, 2.75) is 11.4 Å². The van der Waals surface area contributed by atoms with Crippen molar-refractivity contribution in [2.24, 2.45) is 4.99 Å². The molecule has 0 saturated heterocycles. The molecule has 0 amide bonds. The number of nitrogens with zero attached hydrogens (tertiary/aromatic N) is 4. The molecule has 1 aliphatic rings. The van der Waals surface area contributed by atoms with Crippen LogP contribution in [0.3, 0.4) is 0 Å². The summed E-state index contributed by atoms with van der Waals surface area (Å²) >= 11 is 0. The summed E-state index contributed by atoms with van der Waals surface area (Å²) in [5.74, 6) is 0. The molecule has 2 aromatic rings. The Morgan fingerprint density at radius 1 is 1.19 bits per heavy atom. The van der Waals surface area contributed by atoms with E-state index in [4.69, 9.17) is 5.26 Å². The highest BCUT2D eigenvalue weighted by Crippen LogP contribution is 2.30. The molecule has 0 N–H and O–H groups in total. The van der Waals surface area contributed by atoms with Crippen molar-refractivity contribution in [3.63, 3.8) is 0 Å². The second kappa shape index (κ2) is 5.00. The summed E-state index contributed by atoms with van der Waals surface area (Å²) in [6.45, 7) is 0.0247. The number of benzene rings is 1. The Hall–Kier alpha value is -2.72. The average Bonchev–Trinajstić information content (AvgIpc) is 2.51. The molecule has 0 fully saturated rings. The number of sulfonamides is 1. The van der Waals surface area contributed by atoms with E-state index >= 15 is 0 Å². The molecule has 21 heavy (non-hydrogen) atoms. The van der Waals surface area contributed by atoms with E-state index in [2.05, 4.69) is 9.98 Å². The molecule has 0 spiro atoms. The van der Waals surface area contributed by atoms with Gasteiger partial charge in [-0.25, -0.2) is 18.4 Å². The Labute approximate surface area is 122 Å². The number of nitriles is 1. The topological polar surface area (TPSA) is 86.4 Å². The second-order valence-electron chi connectivity index (χ2n) is 4.39. The number of aliphatic imine (C=N–C) groups is 1. The third-order valence-electron chi connectivity index (χ3n) is 3.10. The molecule has 0 unspecified atom stereocenters. The summed E-state index contributed by atoms with van der Waals surface area (Å²) in [5, 5.41) is 9.02. The van der Waals surface area contributed by atoms with E-state index in [1.807, 2.05) is 6.07 Å². The SMILES string of the molecule is N#Cc1ncccc1CN1C=Nc2ccccc2S1(=O)=O. The Morgan fingerprint density at radius 3 is 2.81 bits per heavy atom. The van der Waals surface area contributed by atoms with Crippen LogP contribution in [0, 0.1) is 11.3 Å². The maximum absolute atomic E-state index is 12.5. The van der Waals surface area contributed by atoms with Gasteiger partial charge in [-0.1, -0.05) is 18.2 Å². The standard InChI is InChI=1S/C14H10N4O2S/c15-8-13-11(4-3-7-16-13)9-18-10-17-12-5-1-2-6-14(12)21(18,19)20/h1-7,10H,9H2. The summed E-state index contributed by atoms with van der Waals surface area (Å²) < 4.78 is 26.2. The van der Waals surface area contributed by atoms with Gasteiger partial charge >= 0.3 is 0 Å². The number of fused-ring (bicyclic) bond motifs is 1. The van der Waals surface area contributed by atoms with Crippen LogP contribution in [0.5, 0.6) is 0 Å². The van der Waals surface area contributed by atoms with Crippen LogP contribution in [-0.2, 0) is 16.6 Å². The minimum Gasteiger partial charge on any atom is -0.252 e. The Kier molecular flexibility index (Phi) is 3.16. The Balaban J connectivity index is 2.01. The quantitative estimate of drug-likeness (QED) is 0.846. The fourth-order valence-electron chi connectivity index (χ4n) is 2.06. The third-order valence-corrected chi connectivity index (χ3v) is 4.84. The van der Waals surface area contributed by atoms with Crippen molar-refractivity contribution >= 4 is 22.0 Å². The van der Waals surface area contributed by atoms with Crippen molar-refractivity contribution in [3.8, 4) is 6.07 Å². The molecule has 3 rings (SSSR count). The van der Waals surface area contributed by atoms with Crippen LogP contribution in [0.2, 0.25) is 0 Å². The van der Waals surface area contributed by atoms with Crippen molar-refractivity contribution in [1.29, 1.82) is 5.26 Å². The largest absolute Gasteiger partial charge is 0.267 e. The average molecular weight is 298 g/mol. The van der Waals surface area contributed by atoms with Crippen molar-refractivity contribution in [2.75, 3.05) is 0 Å². The lowest BCUT2D eigenvalue weighted by Crippen LogP contribution is -2.31. The molecule has 6 nitrogen and oxygen atoms in total. The number of rotatable bonds is 2. The van der Waals surface area contributed by atoms with E-state index in [1.165, 1.54) is 18.6 Å². The van der Waals surface area contributed by atoms with E-state index in [0.29, 0.717) is 11.3 Å². The van der Waals surface area contributed by atoms with Gasteiger partial charge < -0.3 is 0 Å². The molecule has 0 bridgehead atoms. The lowest BCUT2D eigenvalue weighted by Gasteiger charge is -2.24. The van der Waals surface area contributed by atoms with Crippen LogP contribution in [0.15, 0.2) is 52.5 Å². The van der Waals surface area contributed by atoms with Gasteiger partial charge in [0.05, 0.1) is 12.2 Å². The molecular formula is C14H10N4O2S. The van der Waals surface area contributed by atoms with Crippen LogP contribution in [0.1, 0.15) is 11.3 Å². The van der Waals surface area contributed by atoms with Crippen LogP contribution in [0.25, 0.3) is 0 Å². The lowest BCUT2D eigenvalue weighted by molar-refractivity contribution is 0.521. The number of aromatic nitrogens is 1. The molecule has 0 radical (unpaired) electrons. The smallest absolute Gasteiger partial charge is 0.252 e. The number of hydrogen-bond acceptors (Lipinski definition) is 5. The van der Waals surface area contributed by atoms with Gasteiger partial charge in [0.2, 0.25) is 0 Å². The first-order valence-electron chi connectivity index (χ1n) is 6.12. The molecule has 1 aromatic carbocycles. The molecule has 2 heterocycles. The third kappa shape index (κ3) is 2.26. The van der Waals surface area contributed by atoms with E-state index in [0.717, 1.165) is 4.31 Å². The van der Waals surface area contributed by atoms with Crippen molar-refractivity contribution in [3.05, 3.63) is 53.9 Å². The molecule has 1 aliphatic heterocycles. The number of pyridine rings is 1. The van der Waals surface area contributed by atoms with Gasteiger partial charge in [-0.15, -0.1) is 0 Å². The highest BCUT2D eigenvalue weighted by molar-refractivity contribution is 7.89. The van der Waals surface area contributed by atoms with Gasteiger partial charge in [0.25, 0.3) is 10.0 Å². The highest BCUT2D eigenvalue weighted by Gasteiger charge is 2.28. The molecule has 7 heteroatoms. The fraction of sp³-hybridized carbons (Fsp3) is 0.0714. The van der Waals surface area contributed by atoms with Crippen molar-refractivity contribution < 1.29 is 8.42 Å².